The second-order valence-corrected chi connectivity index (χ2v) is 37.3. The van der Waals surface area contributed by atoms with E-state index in [9.17, 15) is 0 Å². The summed E-state index contributed by atoms with van der Waals surface area (Å²) >= 11 is 11.7. The van der Waals surface area contributed by atoms with Gasteiger partial charge in [-0.1, -0.05) is 208 Å². The number of fused-ring (bicyclic) bond motifs is 4. The molecule has 0 bridgehead atoms. The summed E-state index contributed by atoms with van der Waals surface area (Å²) in [6, 6.07) is 18.5. The average Bonchev–Trinajstić information content (AvgIpc) is 1.56. The van der Waals surface area contributed by atoms with Crippen molar-refractivity contribution in [2.24, 2.45) is 11.8 Å². The molecule has 12 aromatic rings. The van der Waals surface area contributed by atoms with Gasteiger partial charge in [0.15, 0.2) is 0 Å². The van der Waals surface area contributed by atoms with Crippen molar-refractivity contribution >= 4 is 134 Å². The topological polar surface area (TPSA) is 70.0 Å². The summed E-state index contributed by atoms with van der Waals surface area (Å²) in [7, 11) is 0. The Kier molecular flexibility index (Phi) is 29.1. The zero-order valence-electron chi connectivity index (χ0n) is 63.9. The number of hydrogen-bond donors (Lipinski definition) is 0. The Morgan fingerprint density at radius 2 is 0.726 bits per heavy atom. The van der Waals surface area contributed by atoms with Gasteiger partial charge in [-0.2, -0.15) is 17.5 Å². The maximum atomic E-state index is 17.2. The van der Waals surface area contributed by atoms with Crippen molar-refractivity contribution in [1.82, 2.24) is 17.5 Å². The summed E-state index contributed by atoms with van der Waals surface area (Å²) in [4.78, 5) is 8.36. The molecule has 106 heavy (non-hydrogen) atoms. The third-order valence-electron chi connectivity index (χ3n) is 21.7. The molecule has 12 rings (SSSR count). The average molecular weight is 1580 g/mol. The maximum Gasteiger partial charge on any atom is 0.137 e. The largest absolute Gasteiger partial charge is 0.493 e. The number of unbranched alkanes of at least 4 members (excludes halogenated alkanes) is 20. The van der Waals surface area contributed by atoms with E-state index in [2.05, 4.69) is 81.4 Å². The zero-order valence-corrected chi connectivity index (χ0v) is 70.5. The molecule has 0 spiro atoms. The zero-order chi connectivity index (χ0) is 74.4. The highest BCUT2D eigenvalue weighted by Gasteiger charge is 2.32. The van der Waals surface area contributed by atoms with Gasteiger partial charge in [-0.15, -0.1) is 68.0 Å². The summed E-state index contributed by atoms with van der Waals surface area (Å²) < 4.78 is 103. The normalized spacial score (nSPS) is 12.6. The number of aromatic nitrogens is 4. The Hall–Kier alpha value is -5.44. The van der Waals surface area contributed by atoms with Gasteiger partial charge < -0.3 is 9.47 Å². The molecule has 0 aliphatic heterocycles. The molecule has 18 heteroatoms. The lowest BCUT2D eigenvalue weighted by Gasteiger charge is -2.17. The second-order valence-electron chi connectivity index (χ2n) is 29.5. The van der Waals surface area contributed by atoms with Crippen LogP contribution in [0, 0.1) is 62.8 Å². The van der Waals surface area contributed by atoms with Crippen molar-refractivity contribution < 1.29 is 27.0 Å². The molecule has 2 unspecified atom stereocenters. The van der Waals surface area contributed by atoms with Gasteiger partial charge in [0.25, 0.3) is 0 Å². The van der Waals surface area contributed by atoms with Crippen LogP contribution < -0.4 is 9.47 Å². The van der Waals surface area contributed by atoms with Crippen LogP contribution in [0.3, 0.4) is 0 Å². The van der Waals surface area contributed by atoms with Crippen molar-refractivity contribution in [2.45, 2.75) is 262 Å². The number of hydrogen-bond acceptors (Lipinski definition) is 14. The van der Waals surface area contributed by atoms with Gasteiger partial charge in [0.1, 0.15) is 56.8 Å². The number of aryl methyl sites for hydroxylation is 2. The van der Waals surface area contributed by atoms with Crippen LogP contribution in [0.5, 0.6) is 11.5 Å². The summed E-state index contributed by atoms with van der Waals surface area (Å²) in [5.74, 6) is 0.940. The van der Waals surface area contributed by atoms with Gasteiger partial charge in [-0.3, -0.25) is 0 Å². The van der Waals surface area contributed by atoms with Crippen LogP contribution in [0.2, 0.25) is 0 Å². The lowest BCUT2D eigenvalue weighted by Crippen LogP contribution is -2.03. The molecule has 566 valence electrons. The predicted molar refractivity (Wildman–Crippen MR) is 456 cm³/mol. The van der Waals surface area contributed by atoms with Crippen LogP contribution in [-0.4, -0.2) is 30.7 Å². The molecular formula is C88H106F4N4O2S8. The summed E-state index contributed by atoms with van der Waals surface area (Å²) in [5.41, 5.74) is 10.8. The van der Waals surface area contributed by atoms with Crippen LogP contribution >= 0.6 is 91.5 Å². The van der Waals surface area contributed by atoms with E-state index < -0.39 is 11.6 Å². The molecule has 0 aliphatic rings. The van der Waals surface area contributed by atoms with E-state index in [1.54, 1.807) is 57.5 Å². The summed E-state index contributed by atoms with van der Waals surface area (Å²) in [6.07, 6.45) is 34.4. The standard InChI is InChI=1S/C88H106F4N4O2S8/c1-11-17-21-23-25-27-29-31-33-35-43-97-85-54(8)76(82-81(56(85)10)93-105-94-82)69-41-39-67(100-69)59-48-64(90)60(49-63(59)89)68-40-42-70(101-68)80-84-83(95-106-96-84)77(55(9)86(80)98-44-36-34-32-30-28-26-24-22-18-12-2)73-50-62-79(75-52-66(92)72(103-75)47-58(16-6)38-20-14-4)87-61(45-53(7)99-87)78(88(62)104-73)74-51-65(91)71(102-74)46-57(15-5)37-19-13-3/h39-42,45,48-52,57-58H,11-38,43-44,46-47H2,1-10H3. The van der Waals surface area contributed by atoms with Crippen molar-refractivity contribution in [3.05, 3.63) is 115 Å². The molecule has 8 heterocycles. The second kappa shape index (κ2) is 38.5. The summed E-state index contributed by atoms with van der Waals surface area (Å²) in [5, 5.41) is 2.06. The maximum absolute atomic E-state index is 17.2. The van der Waals surface area contributed by atoms with Gasteiger partial charge in [0, 0.05) is 119 Å². The fourth-order valence-corrected chi connectivity index (χ4v) is 23.9. The van der Waals surface area contributed by atoms with E-state index in [1.807, 2.05) is 24.3 Å². The quantitative estimate of drug-likeness (QED) is 0.0280. The lowest BCUT2D eigenvalue weighted by molar-refractivity contribution is 0.301. The van der Waals surface area contributed by atoms with Crippen molar-refractivity contribution in [1.29, 1.82) is 0 Å². The molecule has 4 aromatic carbocycles. The molecule has 0 radical (unpaired) electrons. The van der Waals surface area contributed by atoms with Crippen LogP contribution in [0.1, 0.15) is 253 Å². The number of ether oxygens (including phenoxy) is 2. The van der Waals surface area contributed by atoms with Crippen molar-refractivity contribution in [3.63, 3.8) is 0 Å². The van der Waals surface area contributed by atoms with E-state index in [0.717, 1.165) is 216 Å². The van der Waals surface area contributed by atoms with Crippen LogP contribution in [0.4, 0.5) is 17.6 Å². The van der Waals surface area contributed by atoms with Crippen molar-refractivity contribution in [2.75, 3.05) is 13.2 Å². The molecule has 0 aliphatic carbocycles. The first-order valence-corrected chi connectivity index (χ1v) is 46.1. The van der Waals surface area contributed by atoms with E-state index in [0.29, 0.717) is 64.4 Å². The van der Waals surface area contributed by atoms with Crippen LogP contribution in [0.25, 0.3) is 115 Å². The number of nitrogens with zero attached hydrogens (tertiary/aromatic N) is 4. The van der Waals surface area contributed by atoms with Crippen LogP contribution in [0.15, 0.2) is 60.7 Å². The minimum atomic E-state index is -0.528. The molecule has 0 amide bonds. The lowest BCUT2D eigenvalue weighted by atomic mass is 9.95. The van der Waals surface area contributed by atoms with E-state index in [4.69, 9.17) is 27.0 Å². The van der Waals surface area contributed by atoms with E-state index >= 15 is 17.6 Å². The van der Waals surface area contributed by atoms with Gasteiger partial charge in [0.05, 0.1) is 42.2 Å². The van der Waals surface area contributed by atoms with Gasteiger partial charge in [0.2, 0.25) is 0 Å². The number of rotatable bonds is 43. The minimum Gasteiger partial charge on any atom is -0.493 e. The van der Waals surface area contributed by atoms with Gasteiger partial charge in [-0.25, -0.2) is 17.6 Å². The van der Waals surface area contributed by atoms with Crippen molar-refractivity contribution in [3.8, 4) is 84.6 Å². The highest BCUT2D eigenvalue weighted by Crippen LogP contribution is 2.57. The van der Waals surface area contributed by atoms with Gasteiger partial charge in [-0.05, 0) is 126 Å². The molecule has 0 N–H and O–H groups in total. The monoisotopic (exact) mass is 1580 g/mol. The predicted octanol–water partition coefficient (Wildman–Crippen LogP) is 31.9. The van der Waals surface area contributed by atoms with E-state index in [1.165, 1.54) is 143 Å². The first-order valence-electron chi connectivity index (χ1n) is 39.8. The molecular weight excluding hydrogens is 1480 g/mol. The first kappa shape index (κ1) is 80.1. The van der Waals surface area contributed by atoms with Crippen LogP contribution in [-0.2, 0) is 12.8 Å². The third-order valence-corrected chi connectivity index (χ3v) is 29.6. The molecule has 2 atom stereocenters. The molecule has 0 saturated carbocycles. The Morgan fingerprint density at radius 1 is 0.340 bits per heavy atom. The highest BCUT2D eigenvalue weighted by atomic mass is 32.1. The molecule has 6 nitrogen and oxygen atoms in total. The third kappa shape index (κ3) is 18.3. The van der Waals surface area contributed by atoms with Gasteiger partial charge >= 0.3 is 0 Å². The minimum absolute atomic E-state index is 0.151. The Morgan fingerprint density at radius 3 is 1.22 bits per heavy atom. The SMILES string of the molecule is CCCCCCCCCCCCOc1c(C)c(-c2ccc(-c3cc(F)c(-c4ccc(-c5c(OCCCCCCCCCCCC)c(C)c(-c6cc7c(-c8cc(F)c(CC(CC)CCCC)s8)c8sc(C)cc8c(-c8cc(F)c(CC(CC)CCCC)s8)c7s6)c6nsnc56)s4)cc3F)s2)c2nsnc2c1C. The fourth-order valence-electron chi connectivity index (χ4n) is 15.5. The number of thiophene rings is 6. The highest BCUT2D eigenvalue weighted by molar-refractivity contribution is 7.25. The molecule has 0 fully saturated rings. The molecule has 0 saturated heterocycles. The fraction of sp³-hybridized carbons (Fsp3) is 0.500. The Balaban J connectivity index is 0.904. The molecule has 8 aromatic heterocycles. The summed E-state index contributed by atoms with van der Waals surface area (Å²) in [6.45, 7) is 22.9. The smallest absolute Gasteiger partial charge is 0.137 e. The number of halogens is 4. The first-order chi connectivity index (χ1) is 51.7. The Labute approximate surface area is 659 Å². The number of benzene rings is 4. The Bertz CT molecular complexity index is 4770. The van der Waals surface area contributed by atoms with E-state index in [-0.39, 0.29) is 22.8 Å².